The molecule has 0 aromatic rings. The van der Waals surface area contributed by atoms with E-state index in [1.807, 2.05) is 0 Å². The van der Waals surface area contributed by atoms with Crippen LogP contribution in [0.5, 0.6) is 0 Å². The Balaban J connectivity index is 3.09. The van der Waals surface area contributed by atoms with E-state index in [4.69, 9.17) is 14.2 Å². The summed E-state index contributed by atoms with van der Waals surface area (Å²) in [5.41, 5.74) is 0. The summed E-state index contributed by atoms with van der Waals surface area (Å²) in [6, 6.07) is -1.91. The van der Waals surface area contributed by atoms with Crippen LogP contribution in [0, 0.1) is 0 Å². The first-order valence-electron chi connectivity index (χ1n) is 4.97. The van der Waals surface area contributed by atoms with E-state index in [0.29, 0.717) is 0 Å². The molecule has 20 heavy (non-hydrogen) atoms. The van der Waals surface area contributed by atoms with Crippen molar-refractivity contribution in [3.63, 3.8) is 0 Å². The summed E-state index contributed by atoms with van der Waals surface area (Å²) in [6.07, 6.45) is -7.57. The minimum atomic E-state index is -5.12. The van der Waals surface area contributed by atoms with Crippen LogP contribution >= 0.6 is 0 Å². The van der Waals surface area contributed by atoms with Crippen molar-refractivity contribution in [2.24, 2.45) is 0 Å². The molecule has 0 saturated carbocycles. The van der Waals surface area contributed by atoms with Crippen molar-refractivity contribution >= 4 is 20.7 Å². The number of rotatable bonds is 5. The molecule has 0 radical (unpaired) electrons. The van der Waals surface area contributed by atoms with Crippen LogP contribution in [-0.2, 0) is 29.6 Å². The van der Waals surface area contributed by atoms with E-state index in [2.05, 4.69) is 8.92 Å². The predicted octanol–water partition coefficient (Wildman–Crippen LogP) is -3.99. The van der Waals surface area contributed by atoms with Gasteiger partial charge >= 0.3 is 20.7 Å². The second-order valence-corrected chi connectivity index (χ2v) is 6.08. The van der Waals surface area contributed by atoms with Crippen molar-refractivity contribution in [3.05, 3.63) is 0 Å². The predicted molar refractivity (Wildman–Crippen MR) is 58.9 cm³/mol. The zero-order valence-corrected chi connectivity index (χ0v) is 11.2. The molecule has 0 aromatic heterocycles. The first kappa shape index (κ1) is 17.6. The van der Waals surface area contributed by atoms with Crippen molar-refractivity contribution in [2.75, 3.05) is 6.61 Å². The Morgan fingerprint density at radius 2 is 1.70 bits per heavy atom. The molecule has 0 aromatic carbocycles. The third kappa shape index (κ3) is 4.85. The maximum absolute atomic E-state index is 10.7. The zero-order valence-electron chi connectivity index (χ0n) is 9.60. The Labute approximate surface area is 113 Å². The smallest absolute Gasteiger partial charge is 0.394 e. The van der Waals surface area contributed by atoms with Gasteiger partial charge in [0.25, 0.3) is 0 Å². The van der Waals surface area contributed by atoms with E-state index in [-0.39, 0.29) is 0 Å². The molecular weight excluding hydrogens is 326 g/mol. The third-order valence-corrected chi connectivity index (χ3v) is 3.43. The van der Waals surface area contributed by atoms with Gasteiger partial charge in [-0.3, -0.25) is 9.11 Å². The molecule has 6 N–H and O–H groups in total. The molecule has 1 aliphatic rings. The monoisotopic (exact) mass is 339 g/mol. The van der Waals surface area contributed by atoms with Crippen LogP contribution in [0.2, 0.25) is 0 Å². The zero-order chi connectivity index (χ0) is 15.7. The Morgan fingerprint density at radius 1 is 1.15 bits per heavy atom. The highest BCUT2D eigenvalue weighted by Crippen LogP contribution is 2.23. The molecule has 1 fully saturated rings. The highest BCUT2D eigenvalue weighted by molar-refractivity contribution is 7.83. The Kier molecular flexibility index (Phi) is 5.41. The number of aliphatic hydroxyl groups excluding tert-OH is 3. The van der Waals surface area contributed by atoms with Crippen LogP contribution < -0.4 is 4.72 Å². The summed E-state index contributed by atoms with van der Waals surface area (Å²) >= 11 is 0. The maximum Gasteiger partial charge on any atom is 0.397 e. The average molecular weight is 339 g/mol. The Morgan fingerprint density at radius 3 is 2.10 bits per heavy atom. The van der Waals surface area contributed by atoms with Crippen molar-refractivity contribution in [2.45, 2.75) is 30.6 Å². The number of hydrogen-bond acceptors (Lipinski definition) is 9. The maximum atomic E-state index is 10.7. The molecule has 0 amide bonds. The van der Waals surface area contributed by atoms with E-state index in [0.717, 1.165) is 0 Å². The van der Waals surface area contributed by atoms with Gasteiger partial charge < -0.3 is 20.1 Å². The molecule has 0 bridgehead atoms. The van der Waals surface area contributed by atoms with Crippen LogP contribution in [0.4, 0.5) is 0 Å². The van der Waals surface area contributed by atoms with Gasteiger partial charge in [0.2, 0.25) is 0 Å². The summed E-state index contributed by atoms with van der Waals surface area (Å²) < 4.78 is 69.8. The summed E-state index contributed by atoms with van der Waals surface area (Å²) in [6.45, 7) is -0.847. The fourth-order valence-corrected chi connectivity index (χ4v) is 2.76. The topological polar surface area (TPSA) is 200 Å². The molecular formula is C6H13NO11S2. The minimum Gasteiger partial charge on any atom is -0.394 e. The summed E-state index contributed by atoms with van der Waals surface area (Å²) in [5.74, 6) is 0. The first-order valence-corrected chi connectivity index (χ1v) is 7.78. The van der Waals surface area contributed by atoms with Crippen molar-refractivity contribution < 1.29 is 50.2 Å². The molecule has 0 aliphatic carbocycles. The van der Waals surface area contributed by atoms with Gasteiger partial charge in [-0.25, -0.2) is 4.18 Å². The summed E-state index contributed by atoms with van der Waals surface area (Å²) in [5, 5.41) is 28.0. The number of nitrogens with one attached hydrogen (secondary N) is 1. The SMILES string of the molecule is O=S(=O)(O)N[C@H]1[C@H](O)[C@@H](CO)O[C@H](O)[C@@H]1OS(=O)(=O)O. The standard InChI is InChI=1S/C6H13NO11S2/c8-1-2-4(9)3(7-19(11,12)13)5(6(10)17-2)18-20(14,15)16/h2-10H,1H2,(H,11,12,13)(H,14,15,16)/t2-,3+,4-,5-,6+/m1/s1. The van der Waals surface area contributed by atoms with Crippen molar-refractivity contribution in [1.29, 1.82) is 0 Å². The minimum absolute atomic E-state index is 0.847. The van der Waals surface area contributed by atoms with E-state index >= 15 is 0 Å². The van der Waals surface area contributed by atoms with E-state index in [1.165, 1.54) is 4.72 Å². The highest BCUT2D eigenvalue weighted by Gasteiger charge is 2.48. The Hall–Kier alpha value is -0.420. The molecule has 5 atom stereocenters. The van der Waals surface area contributed by atoms with Gasteiger partial charge in [-0.15, -0.1) is 0 Å². The van der Waals surface area contributed by atoms with E-state index in [9.17, 15) is 27.0 Å². The lowest BCUT2D eigenvalue weighted by Gasteiger charge is -2.40. The van der Waals surface area contributed by atoms with Crippen molar-refractivity contribution in [3.8, 4) is 0 Å². The largest absolute Gasteiger partial charge is 0.397 e. The molecule has 1 aliphatic heterocycles. The number of aliphatic hydroxyl groups is 3. The summed E-state index contributed by atoms with van der Waals surface area (Å²) in [4.78, 5) is 0. The second kappa shape index (κ2) is 6.14. The quantitative estimate of drug-likeness (QED) is 0.267. The van der Waals surface area contributed by atoms with Crippen LogP contribution in [0.1, 0.15) is 0 Å². The van der Waals surface area contributed by atoms with Gasteiger partial charge in [-0.2, -0.15) is 21.6 Å². The molecule has 1 rings (SSSR count). The van der Waals surface area contributed by atoms with Crippen LogP contribution in [0.15, 0.2) is 0 Å². The number of hydrogen-bond donors (Lipinski definition) is 6. The molecule has 14 heteroatoms. The molecule has 12 nitrogen and oxygen atoms in total. The lowest BCUT2D eigenvalue weighted by Crippen LogP contribution is -2.65. The average Bonchev–Trinajstić information content (AvgIpc) is 2.25. The van der Waals surface area contributed by atoms with Gasteiger partial charge in [0.1, 0.15) is 18.3 Å². The summed E-state index contributed by atoms with van der Waals surface area (Å²) in [7, 11) is -10.0. The molecule has 0 unspecified atom stereocenters. The van der Waals surface area contributed by atoms with Crippen molar-refractivity contribution in [1.82, 2.24) is 4.72 Å². The van der Waals surface area contributed by atoms with Gasteiger partial charge in [-0.05, 0) is 0 Å². The first-order chi connectivity index (χ1) is 8.94. The van der Waals surface area contributed by atoms with Crippen LogP contribution in [0.25, 0.3) is 0 Å². The van der Waals surface area contributed by atoms with E-state index in [1.54, 1.807) is 0 Å². The lowest BCUT2D eigenvalue weighted by molar-refractivity contribution is -0.254. The van der Waals surface area contributed by atoms with Crippen LogP contribution in [-0.4, -0.2) is 78.5 Å². The lowest BCUT2D eigenvalue weighted by atomic mass is 9.97. The second-order valence-electron chi connectivity index (χ2n) is 3.85. The Bertz CT molecular complexity index is 529. The fourth-order valence-electron chi connectivity index (χ4n) is 1.65. The van der Waals surface area contributed by atoms with Gasteiger partial charge in [-0.1, -0.05) is 0 Å². The molecule has 1 saturated heterocycles. The molecule has 120 valence electrons. The van der Waals surface area contributed by atoms with Crippen LogP contribution in [0.3, 0.4) is 0 Å². The van der Waals surface area contributed by atoms with E-state index < -0.39 is 58.0 Å². The molecule has 0 spiro atoms. The fraction of sp³-hybridized carbons (Fsp3) is 1.00. The van der Waals surface area contributed by atoms with Gasteiger partial charge in [0, 0.05) is 0 Å². The highest BCUT2D eigenvalue weighted by atomic mass is 32.3. The van der Waals surface area contributed by atoms with Gasteiger partial charge in [0.05, 0.1) is 12.6 Å². The number of ether oxygens (including phenoxy) is 1. The van der Waals surface area contributed by atoms with Gasteiger partial charge in [0.15, 0.2) is 6.29 Å². The normalized spacial score (nSPS) is 36.0. The molecule has 1 heterocycles. The third-order valence-electron chi connectivity index (χ3n) is 2.40.